The minimum atomic E-state index is 0.221. The molecule has 3 unspecified atom stereocenters. The number of carbonyl (C=O) groups excluding carboxylic acids is 1. The second-order valence-corrected chi connectivity index (χ2v) is 8.41. The molecule has 1 aromatic carbocycles. The van der Waals surface area contributed by atoms with Gasteiger partial charge in [0.05, 0.1) is 0 Å². The first-order chi connectivity index (χ1) is 11.7. The van der Waals surface area contributed by atoms with Crippen molar-refractivity contribution in [2.45, 2.75) is 38.1 Å². The summed E-state index contributed by atoms with van der Waals surface area (Å²) in [5, 5.41) is 0. The van der Waals surface area contributed by atoms with E-state index in [1.807, 2.05) is 11.8 Å². The van der Waals surface area contributed by atoms with E-state index < -0.39 is 0 Å². The number of likely N-dealkylation sites (tertiary alicyclic amines) is 1. The van der Waals surface area contributed by atoms with Crippen LogP contribution in [0.15, 0.2) is 35.2 Å². The van der Waals surface area contributed by atoms with E-state index in [0.29, 0.717) is 11.8 Å². The van der Waals surface area contributed by atoms with Gasteiger partial charge in [-0.2, -0.15) is 0 Å². The number of amides is 1. The number of rotatable bonds is 3. The number of hydrogen-bond donors (Lipinski definition) is 1. The Bertz CT molecular complexity index is 642. The summed E-state index contributed by atoms with van der Waals surface area (Å²) >= 11 is 1.98. The number of nitrogens with zero attached hydrogens (tertiary/aromatic N) is 1. The average molecular weight is 343 g/mol. The Morgan fingerprint density at radius 3 is 2.83 bits per heavy atom. The molecule has 24 heavy (non-hydrogen) atoms. The summed E-state index contributed by atoms with van der Waals surface area (Å²) in [6.45, 7) is 1.74. The van der Waals surface area contributed by atoms with Crippen LogP contribution in [0.1, 0.15) is 37.7 Å². The molecule has 1 saturated heterocycles. The zero-order valence-corrected chi connectivity index (χ0v) is 14.9. The SMILES string of the molecule is NC1CCCN(C(=O)C2CC2C2=C(c3ccccc3)CCS2)CC1. The number of carbonyl (C=O) groups is 1. The van der Waals surface area contributed by atoms with Crippen molar-refractivity contribution in [1.82, 2.24) is 4.90 Å². The van der Waals surface area contributed by atoms with Gasteiger partial charge >= 0.3 is 0 Å². The van der Waals surface area contributed by atoms with E-state index in [0.717, 1.165) is 50.9 Å². The summed E-state index contributed by atoms with van der Waals surface area (Å²) in [4.78, 5) is 16.5. The lowest BCUT2D eigenvalue weighted by atomic mass is 10.0. The van der Waals surface area contributed by atoms with Gasteiger partial charge in [0.25, 0.3) is 0 Å². The third kappa shape index (κ3) is 3.27. The Morgan fingerprint density at radius 2 is 2.00 bits per heavy atom. The monoisotopic (exact) mass is 342 g/mol. The number of thioether (sulfide) groups is 1. The third-order valence-corrected chi connectivity index (χ3v) is 6.83. The maximum Gasteiger partial charge on any atom is 0.226 e. The summed E-state index contributed by atoms with van der Waals surface area (Å²) in [6, 6.07) is 11.0. The van der Waals surface area contributed by atoms with Crippen molar-refractivity contribution in [2.24, 2.45) is 17.6 Å². The highest BCUT2D eigenvalue weighted by atomic mass is 32.2. The first-order valence-corrected chi connectivity index (χ1v) is 10.2. The second-order valence-electron chi connectivity index (χ2n) is 7.27. The molecule has 0 aromatic heterocycles. The molecule has 3 nitrogen and oxygen atoms in total. The smallest absolute Gasteiger partial charge is 0.226 e. The Morgan fingerprint density at radius 1 is 1.17 bits per heavy atom. The summed E-state index contributed by atoms with van der Waals surface area (Å²) in [5.41, 5.74) is 8.88. The van der Waals surface area contributed by atoms with E-state index in [2.05, 4.69) is 35.2 Å². The van der Waals surface area contributed by atoms with Crippen LogP contribution in [0.4, 0.5) is 0 Å². The van der Waals surface area contributed by atoms with Crippen molar-refractivity contribution in [2.75, 3.05) is 18.8 Å². The number of allylic oxidation sites excluding steroid dienone is 2. The van der Waals surface area contributed by atoms with Crippen molar-refractivity contribution < 1.29 is 4.79 Å². The lowest BCUT2D eigenvalue weighted by Crippen LogP contribution is -2.34. The van der Waals surface area contributed by atoms with Crippen LogP contribution < -0.4 is 5.73 Å². The quantitative estimate of drug-likeness (QED) is 0.914. The molecule has 0 spiro atoms. The zero-order valence-electron chi connectivity index (χ0n) is 14.1. The van der Waals surface area contributed by atoms with Crippen LogP contribution in [-0.2, 0) is 4.79 Å². The fourth-order valence-electron chi connectivity index (χ4n) is 4.06. The molecule has 2 aliphatic heterocycles. The molecule has 2 N–H and O–H groups in total. The van der Waals surface area contributed by atoms with Gasteiger partial charge in [0.15, 0.2) is 0 Å². The average Bonchev–Trinajstić information content (AvgIpc) is 3.31. The fraction of sp³-hybridized carbons (Fsp3) is 0.550. The molecule has 2 heterocycles. The van der Waals surface area contributed by atoms with Crippen LogP contribution in [0.5, 0.6) is 0 Å². The van der Waals surface area contributed by atoms with Crippen molar-refractivity contribution in [1.29, 1.82) is 0 Å². The topological polar surface area (TPSA) is 46.3 Å². The van der Waals surface area contributed by atoms with Gasteiger partial charge in [0.1, 0.15) is 0 Å². The summed E-state index contributed by atoms with van der Waals surface area (Å²) in [6.07, 6.45) is 5.24. The fourth-order valence-corrected chi connectivity index (χ4v) is 5.46. The van der Waals surface area contributed by atoms with Crippen LogP contribution >= 0.6 is 11.8 Å². The van der Waals surface area contributed by atoms with Gasteiger partial charge in [-0.15, -0.1) is 11.8 Å². The summed E-state index contributed by atoms with van der Waals surface area (Å²) < 4.78 is 0. The Hall–Kier alpha value is -1.26. The van der Waals surface area contributed by atoms with E-state index in [1.54, 1.807) is 0 Å². The van der Waals surface area contributed by atoms with Gasteiger partial charge < -0.3 is 10.6 Å². The molecule has 3 aliphatic rings. The van der Waals surface area contributed by atoms with Crippen LogP contribution in [0, 0.1) is 11.8 Å². The molecule has 1 saturated carbocycles. The second kappa shape index (κ2) is 6.93. The Labute approximate surface area is 148 Å². The van der Waals surface area contributed by atoms with Crippen molar-refractivity contribution in [3.05, 3.63) is 40.8 Å². The first-order valence-electron chi connectivity index (χ1n) is 9.19. The van der Waals surface area contributed by atoms with E-state index in [4.69, 9.17) is 5.73 Å². The van der Waals surface area contributed by atoms with E-state index >= 15 is 0 Å². The molecule has 128 valence electrons. The lowest BCUT2D eigenvalue weighted by molar-refractivity contribution is -0.132. The van der Waals surface area contributed by atoms with Crippen molar-refractivity contribution in [3.8, 4) is 0 Å². The zero-order chi connectivity index (χ0) is 16.5. The minimum absolute atomic E-state index is 0.221. The number of nitrogens with two attached hydrogens (primary N) is 1. The van der Waals surface area contributed by atoms with Crippen LogP contribution in [0.3, 0.4) is 0 Å². The van der Waals surface area contributed by atoms with E-state index in [1.165, 1.54) is 16.0 Å². The summed E-state index contributed by atoms with van der Waals surface area (Å²) in [7, 11) is 0. The van der Waals surface area contributed by atoms with Gasteiger partial charge in [0, 0.05) is 36.7 Å². The van der Waals surface area contributed by atoms with E-state index in [-0.39, 0.29) is 12.0 Å². The molecule has 0 bridgehead atoms. The molecular weight excluding hydrogens is 316 g/mol. The first kappa shape index (κ1) is 16.2. The molecule has 3 atom stereocenters. The van der Waals surface area contributed by atoms with Crippen molar-refractivity contribution in [3.63, 3.8) is 0 Å². The third-order valence-electron chi connectivity index (χ3n) is 5.56. The van der Waals surface area contributed by atoms with Crippen molar-refractivity contribution >= 4 is 23.2 Å². The normalized spacial score (nSPS) is 30.4. The maximum absolute atomic E-state index is 12.9. The standard InChI is InChI=1S/C20H26N2OS/c21-15-7-4-10-22(11-8-15)20(23)18-13-17(18)19-16(9-12-24-19)14-5-2-1-3-6-14/h1-3,5-6,15,17-18H,4,7-13,21H2. The van der Waals surface area contributed by atoms with Crippen LogP contribution in [0.25, 0.3) is 5.57 Å². The van der Waals surface area contributed by atoms with Gasteiger partial charge in [0.2, 0.25) is 5.91 Å². The van der Waals surface area contributed by atoms with E-state index in [9.17, 15) is 4.79 Å². The van der Waals surface area contributed by atoms with Gasteiger partial charge in [-0.05, 0) is 48.1 Å². The molecule has 4 heteroatoms. The molecule has 1 aliphatic carbocycles. The molecule has 4 rings (SSSR count). The maximum atomic E-state index is 12.9. The highest BCUT2D eigenvalue weighted by molar-refractivity contribution is 8.03. The molecular formula is C20H26N2OS. The lowest BCUT2D eigenvalue weighted by Gasteiger charge is -2.20. The highest BCUT2D eigenvalue weighted by Gasteiger charge is 2.48. The number of benzene rings is 1. The largest absolute Gasteiger partial charge is 0.342 e. The van der Waals surface area contributed by atoms with Crippen LogP contribution in [-0.4, -0.2) is 35.7 Å². The predicted molar refractivity (Wildman–Crippen MR) is 100 cm³/mol. The van der Waals surface area contributed by atoms with Crippen LogP contribution in [0.2, 0.25) is 0 Å². The summed E-state index contributed by atoms with van der Waals surface area (Å²) in [5.74, 6) is 2.23. The number of hydrogen-bond acceptors (Lipinski definition) is 3. The van der Waals surface area contributed by atoms with Gasteiger partial charge in [-0.1, -0.05) is 30.3 Å². The predicted octanol–water partition coefficient (Wildman–Crippen LogP) is 3.51. The molecule has 2 fully saturated rings. The van der Waals surface area contributed by atoms with Gasteiger partial charge in [-0.25, -0.2) is 0 Å². The Balaban J connectivity index is 1.46. The molecule has 1 aromatic rings. The Kier molecular flexibility index (Phi) is 4.68. The molecule has 1 amide bonds. The highest BCUT2D eigenvalue weighted by Crippen LogP contribution is 2.55. The minimum Gasteiger partial charge on any atom is -0.342 e. The molecule has 0 radical (unpaired) electrons. The van der Waals surface area contributed by atoms with Gasteiger partial charge in [-0.3, -0.25) is 4.79 Å².